The maximum atomic E-state index is 4.59. The molecule has 124 valence electrons. The van der Waals surface area contributed by atoms with Crippen LogP contribution < -0.4 is 0 Å². The van der Waals surface area contributed by atoms with Gasteiger partial charge < -0.3 is 0 Å². The molecule has 0 unspecified atom stereocenters. The molecule has 2 aromatic heterocycles. The van der Waals surface area contributed by atoms with Crippen molar-refractivity contribution in [2.45, 2.75) is 0 Å². The third-order valence-electron chi connectivity index (χ3n) is 4.61. The average molecular weight is 335 g/mol. The summed E-state index contributed by atoms with van der Waals surface area (Å²) in [6, 6.07) is 33.4. The summed E-state index contributed by atoms with van der Waals surface area (Å²) in [6.07, 6.45) is 1.84. The number of hydrogen-bond acceptors (Lipinski definition) is 1. The van der Waals surface area contributed by atoms with Crippen LogP contribution in [-0.4, -0.2) is 14.3 Å². The maximum Gasteiger partial charge on any atom is 0.178 e. The highest BCUT2D eigenvalue weighted by atomic mass is 15.5. The molecular formula is C23H17N3. The van der Waals surface area contributed by atoms with Gasteiger partial charge in [0.2, 0.25) is 0 Å². The Labute approximate surface area is 151 Å². The van der Waals surface area contributed by atoms with Crippen molar-refractivity contribution in [2.24, 2.45) is 0 Å². The molecular weight excluding hydrogens is 318 g/mol. The number of rotatable bonds is 3. The molecule has 0 aliphatic carbocycles. The van der Waals surface area contributed by atoms with Gasteiger partial charge in [0.15, 0.2) is 5.65 Å². The van der Waals surface area contributed by atoms with Gasteiger partial charge >= 0.3 is 0 Å². The van der Waals surface area contributed by atoms with Crippen LogP contribution in [0.15, 0.2) is 103 Å². The Bertz CT molecular complexity index is 1170. The summed E-state index contributed by atoms with van der Waals surface area (Å²) < 4.78 is 4.40. The van der Waals surface area contributed by atoms with E-state index < -0.39 is 0 Å². The van der Waals surface area contributed by atoms with Crippen LogP contribution in [-0.2, 0) is 0 Å². The van der Waals surface area contributed by atoms with E-state index in [9.17, 15) is 0 Å². The molecule has 0 radical (unpaired) electrons. The highest BCUT2D eigenvalue weighted by molar-refractivity contribution is 5.83. The molecule has 0 spiro atoms. The Morgan fingerprint density at radius 2 is 1.27 bits per heavy atom. The van der Waals surface area contributed by atoms with E-state index in [1.165, 1.54) is 11.1 Å². The summed E-state index contributed by atoms with van der Waals surface area (Å²) in [7, 11) is 0. The van der Waals surface area contributed by atoms with Crippen LogP contribution in [0.2, 0.25) is 0 Å². The second-order valence-corrected chi connectivity index (χ2v) is 6.19. The number of hydrogen-bond donors (Lipinski definition) is 0. The van der Waals surface area contributed by atoms with Gasteiger partial charge in [0.05, 0.1) is 11.4 Å². The highest BCUT2D eigenvalue weighted by Gasteiger charge is 2.19. The fourth-order valence-corrected chi connectivity index (χ4v) is 3.44. The second-order valence-electron chi connectivity index (χ2n) is 6.19. The number of aromatic nitrogens is 3. The first-order valence-electron chi connectivity index (χ1n) is 8.68. The standard InChI is InChI=1S/C23H17N3/c1-3-10-18(11-4-1)20-14-7-8-15-21(20)26-22-16-9-17-24-23(22)25(26)19-12-5-2-6-13-19/h1-17H. The first-order chi connectivity index (χ1) is 12.9. The third kappa shape index (κ3) is 2.25. The molecule has 3 nitrogen and oxygen atoms in total. The Kier molecular flexibility index (Phi) is 3.42. The van der Waals surface area contributed by atoms with Crippen molar-refractivity contribution >= 4 is 11.2 Å². The monoisotopic (exact) mass is 335 g/mol. The van der Waals surface area contributed by atoms with Crippen LogP contribution in [0.4, 0.5) is 0 Å². The molecule has 0 aliphatic rings. The summed E-state index contributed by atoms with van der Waals surface area (Å²) >= 11 is 0. The highest BCUT2D eigenvalue weighted by Crippen LogP contribution is 2.32. The van der Waals surface area contributed by atoms with Crippen molar-refractivity contribution in [1.29, 1.82) is 0 Å². The van der Waals surface area contributed by atoms with Gasteiger partial charge in [-0.2, -0.15) is 0 Å². The molecule has 0 N–H and O–H groups in total. The Morgan fingerprint density at radius 1 is 0.577 bits per heavy atom. The predicted molar refractivity (Wildman–Crippen MR) is 106 cm³/mol. The molecule has 0 aliphatic heterocycles. The van der Waals surface area contributed by atoms with Crippen LogP contribution >= 0.6 is 0 Å². The van der Waals surface area contributed by atoms with Gasteiger partial charge in [-0.25, -0.2) is 14.3 Å². The minimum atomic E-state index is 0.974. The molecule has 0 amide bonds. The van der Waals surface area contributed by atoms with Crippen LogP contribution in [0.5, 0.6) is 0 Å². The van der Waals surface area contributed by atoms with Crippen molar-refractivity contribution in [2.75, 3.05) is 0 Å². The molecule has 3 heteroatoms. The van der Waals surface area contributed by atoms with Gasteiger partial charge in [-0.3, -0.25) is 0 Å². The van der Waals surface area contributed by atoms with Crippen molar-refractivity contribution in [1.82, 2.24) is 14.3 Å². The first-order valence-corrected chi connectivity index (χ1v) is 8.68. The fraction of sp³-hybridized carbons (Fsp3) is 0. The minimum absolute atomic E-state index is 0.974. The quantitative estimate of drug-likeness (QED) is 0.428. The Balaban J connectivity index is 1.80. The molecule has 2 heterocycles. The third-order valence-corrected chi connectivity index (χ3v) is 4.61. The average Bonchev–Trinajstić information content (AvgIpc) is 2.71. The van der Waals surface area contributed by atoms with Gasteiger partial charge in [-0.1, -0.05) is 66.7 Å². The molecule has 0 saturated carbocycles. The van der Waals surface area contributed by atoms with Gasteiger partial charge in [-0.05, 0) is 35.9 Å². The van der Waals surface area contributed by atoms with E-state index in [4.69, 9.17) is 0 Å². The van der Waals surface area contributed by atoms with E-state index in [0.717, 1.165) is 22.5 Å². The minimum Gasteiger partial charge on any atom is -0.243 e. The summed E-state index contributed by atoms with van der Waals surface area (Å²) in [6.45, 7) is 0. The lowest BCUT2D eigenvalue weighted by molar-refractivity contribution is 0.722. The van der Waals surface area contributed by atoms with E-state index in [0.29, 0.717) is 0 Å². The van der Waals surface area contributed by atoms with Crippen molar-refractivity contribution in [3.8, 4) is 22.5 Å². The molecule has 0 atom stereocenters. The van der Waals surface area contributed by atoms with Crippen LogP contribution in [0.3, 0.4) is 0 Å². The van der Waals surface area contributed by atoms with Crippen molar-refractivity contribution in [3.05, 3.63) is 103 Å². The molecule has 5 rings (SSSR count). The lowest BCUT2D eigenvalue weighted by Crippen LogP contribution is -2.22. The van der Waals surface area contributed by atoms with Crippen LogP contribution in [0.25, 0.3) is 33.7 Å². The smallest absolute Gasteiger partial charge is 0.178 e. The van der Waals surface area contributed by atoms with Gasteiger partial charge in [0.25, 0.3) is 0 Å². The largest absolute Gasteiger partial charge is 0.243 e. The van der Waals surface area contributed by atoms with E-state index in [2.05, 4.69) is 93.2 Å². The van der Waals surface area contributed by atoms with Gasteiger partial charge in [0, 0.05) is 11.8 Å². The van der Waals surface area contributed by atoms with E-state index in [1.807, 2.05) is 24.4 Å². The summed E-state index contributed by atoms with van der Waals surface area (Å²) in [4.78, 5) is 4.59. The van der Waals surface area contributed by atoms with Crippen LogP contribution in [0.1, 0.15) is 0 Å². The summed E-state index contributed by atoms with van der Waals surface area (Å²) in [5, 5.41) is 0. The van der Waals surface area contributed by atoms with E-state index in [1.54, 1.807) is 0 Å². The van der Waals surface area contributed by atoms with Gasteiger partial charge in [-0.15, -0.1) is 0 Å². The topological polar surface area (TPSA) is 22.8 Å². The molecule has 3 aromatic carbocycles. The molecule has 0 bridgehead atoms. The van der Waals surface area contributed by atoms with Gasteiger partial charge in [0.1, 0.15) is 5.52 Å². The van der Waals surface area contributed by atoms with Crippen LogP contribution in [0, 0.1) is 0 Å². The number of benzene rings is 3. The van der Waals surface area contributed by atoms with Crippen molar-refractivity contribution < 1.29 is 0 Å². The Morgan fingerprint density at radius 3 is 2.08 bits per heavy atom. The number of para-hydroxylation sites is 2. The van der Waals surface area contributed by atoms with Crippen molar-refractivity contribution in [3.63, 3.8) is 0 Å². The number of fused-ring (bicyclic) bond motifs is 1. The number of nitrogens with zero attached hydrogens (tertiary/aromatic N) is 3. The fourth-order valence-electron chi connectivity index (χ4n) is 3.44. The normalized spacial score (nSPS) is 11.1. The molecule has 5 aromatic rings. The first kappa shape index (κ1) is 14.7. The van der Waals surface area contributed by atoms with E-state index >= 15 is 0 Å². The van der Waals surface area contributed by atoms with E-state index in [-0.39, 0.29) is 0 Å². The Hall–Kier alpha value is -3.59. The second kappa shape index (κ2) is 6.05. The zero-order valence-corrected chi connectivity index (χ0v) is 14.2. The summed E-state index contributed by atoms with van der Waals surface area (Å²) in [5.41, 5.74) is 6.72. The lowest BCUT2D eigenvalue weighted by atomic mass is 10.0. The lowest BCUT2D eigenvalue weighted by Gasteiger charge is -2.27. The maximum absolute atomic E-state index is 4.59. The molecule has 0 fully saturated rings. The SMILES string of the molecule is c1ccc(-c2ccccc2-n2c3cccnc3n2-c2ccccc2)cc1. The summed E-state index contributed by atoms with van der Waals surface area (Å²) in [5.74, 6) is 0. The zero-order chi connectivity index (χ0) is 17.3. The molecule has 0 saturated heterocycles. The number of pyridine rings is 1. The predicted octanol–water partition coefficient (Wildman–Crippen LogP) is 5.48. The zero-order valence-electron chi connectivity index (χ0n) is 14.2. The molecule has 26 heavy (non-hydrogen) atoms.